The predicted molar refractivity (Wildman–Crippen MR) is 440 cm³/mol. The highest BCUT2D eigenvalue weighted by molar-refractivity contribution is 5.94. The number of aromatic nitrogens is 12. The molecule has 0 radical (unpaired) electrons. The molecule has 0 amide bonds. The maximum Gasteiger partial charge on any atom is 0.203 e. The lowest BCUT2D eigenvalue weighted by Crippen LogP contribution is -2.38. The highest BCUT2D eigenvalue weighted by atomic mass is 15.4. The first-order valence-corrected chi connectivity index (χ1v) is 37.7. The molecule has 8 aromatic carbocycles. The molecule has 12 nitrogen and oxygen atoms in total. The molecule has 16 aromatic rings. The van der Waals surface area contributed by atoms with Crippen LogP contribution in [0.3, 0.4) is 0 Å². The van der Waals surface area contributed by atoms with Crippen molar-refractivity contribution in [1.82, 2.24) is 38.7 Å². The molecule has 0 atom stereocenters. The first-order chi connectivity index (χ1) is 51.6. The molecule has 8 aromatic heterocycles. The van der Waals surface area contributed by atoms with E-state index in [-0.39, 0.29) is 0 Å². The fraction of sp³-hybridized carbons (Fsp3) is 0.242. The zero-order valence-electron chi connectivity index (χ0n) is 65.6. The fourth-order valence-electron chi connectivity index (χ4n) is 15.1. The van der Waals surface area contributed by atoms with Crippen molar-refractivity contribution in [2.45, 2.75) is 127 Å². The quantitative estimate of drug-likeness (QED) is 0.108. The van der Waals surface area contributed by atoms with Gasteiger partial charge in [-0.2, -0.15) is 0 Å². The Morgan fingerprint density at radius 1 is 0.299 bits per heavy atom. The van der Waals surface area contributed by atoms with Crippen LogP contribution in [-0.4, -0.2) is 38.7 Å². The molecule has 107 heavy (non-hydrogen) atoms. The van der Waals surface area contributed by atoms with E-state index >= 15 is 0 Å². The third-order valence-corrected chi connectivity index (χ3v) is 20.5. The van der Waals surface area contributed by atoms with E-state index in [0.29, 0.717) is 29.6 Å². The van der Waals surface area contributed by atoms with E-state index in [2.05, 4.69) is 411 Å². The van der Waals surface area contributed by atoms with Crippen LogP contribution in [0, 0.1) is 27.7 Å². The number of hydrogen-bond acceptors (Lipinski definition) is 4. The number of pyridine rings is 4. The second-order valence-corrected chi connectivity index (χ2v) is 30.0. The predicted octanol–water partition coefficient (Wildman–Crippen LogP) is 20.9. The summed E-state index contributed by atoms with van der Waals surface area (Å²) in [4.78, 5) is 19.6. The summed E-state index contributed by atoms with van der Waals surface area (Å²) < 4.78 is 17.5. The summed E-state index contributed by atoms with van der Waals surface area (Å²) in [5.41, 5.74) is 29.7. The van der Waals surface area contributed by atoms with E-state index in [1.807, 2.05) is 18.6 Å². The van der Waals surface area contributed by atoms with Gasteiger partial charge in [-0.1, -0.05) is 215 Å². The maximum absolute atomic E-state index is 5.05. The van der Waals surface area contributed by atoms with Gasteiger partial charge < -0.3 is 0 Å². The molecule has 0 saturated heterocycles. The third kappa shape index (κ3) is 15.0. The first-order valence-electron chi connectivity index (χ1n) is 37.7. The number of benzene rings is 8. The fourth-order valence-corrected chi connectivity index (χ4v) is 15.1. The Kier molecular flexibility index (Phi) is 21.7. The lowest BCUT2D eigenvalue weighted by molar-refractivity contribution is -0.742. The van der Waals surface area contributed by atoms with Gasteiger partial charge in [0.25, 0.3) is 0 Å². The van der Waals surface area contributed by atoms with Gasteiger partial charge in [0, 0.05) is 22.5 Å². The molecular weight excluding hydrogens is 1310 g/mol. The molecule has 0 unspecified atom stereocenters. The van der Waals surface area contributed by atoms with Gasteiger partial charge in [-0.25, -0.2) is 0 Å². The second-order valence-electron chi connectivity index (χ2n) is 30.0. The Labute approximate surface area is 631 Å². The summed E-state index contributed by atoms with van der Waals surface area (Å²) in [5, 5.41) is 4.92. The van der Waals surface area contributed by atoms with E-state index in [9.17, 15) is 0 Å². The average Bonchev–Trinajstić information content (AvgIpc) is 1.68. The number of fused-ring (bicyclic) bond motifs is 4. The van der Waals surface area contributed by atoms with Crippen LogP contribution in [0.25, 0.3) is 111 Å². The largest absolute Gasteiger partial charge is 0.259 e. The Morgan fingerprint density at radius 2 is 0.636 bits per heavy atom. The van der Waals surface area contributed by atoms with Crippen LogP contribution >= 0.6 is 0 Å². The zero-order chi connectivity index (χ0) is 75.5. The van der Waals surface area contributed by atoms with Gasteiger partial charge in [0.05, 0.1) is 57.2 Å². The minimum Gasteiger partial charge on any atom is -0.259 e. The smallest absolute Gasteiger partial charge is 0.203 e. The van der Waals surface area contributed by atoms with Gasteiger partial charge in [-0.05, 0) is 186 Å². The van der Waals surface area contributed by atoms with Gasteiger partial charge in [0.15, 0.2) is 28.2 Å². The van der Waals surface area contributed by atoms with Crippen LogP contribution in [0.15, 0.2) is 262 Å². The molecule has 0 aliphatic heterocycles. The molecule has 16 rings (SSSR count). The van der Waals surface area contributed by atoms with Crippen molar-refractivity contribution in [1.29, 1.82) is 0 Å². The molecule has 538 valence electrons. The standard InChI is InChI=1S/C32H26N3.C26H30N3.C20H26N3.C17H20N3/c1-23-20-29(33-21-31(23)35-30-19-10-9-16-26(30)22-34(35)2)32-27(24-12-5-3-6-13-24)17-11-18-28(32)25-14-7-4-8-15-25;1-17(2)21-11-9-12-22(18(3)4)26(21)23-14-19(5)25(15-27-23)29-24-13-8-7-10-20(24)16-28(29)6;1-13(2)17-11-15(5)20(19(21-17)14(3)4)23-18-10-8-7-9-16(18)12-22(23)6;1-12(2)15-9-13(3)17(10-18-15)20-16-8-6-5-7-14(16)11-19(20)4/h3-22H,1-2H3;7-18H,1-6H3;7-14H,1-6H3;5-12H,1-4H3/q4*+1. The summed E-state index contributed by atoms with van der Waals surface area (Å²) >= 11 is 0. The number of hydrogen-bond donors (Lipinski definition) is 0. The second kappa shape index (κ2) is 31.5. The summed E-state index contributed by atoms with van der Waals surface area (Å²) in [6.45, 7) is 30.9. The van der Waals surface area contributed by atoms with E-state index in [4.69, 9.17) is 15.0 Å². The molecular formula is C95H102N12+4. The summed E-state index contributed by atoms with van der Waals surface area (Å²) in [7, 11) is 8.32. The Morgan fingerprint density at radius 3 is 1.01 bits per heavy atom. The Bertz CT molecular complexity index is 5780. The van der Waals surface area contributed by atoms with Crippen molar-refractivity contribution >= 4 is 43.6 Å². The number of nitrogens with zero attached hydrogens (tertiary/aromatic N) is 12. The van der Waals surface area contributed by atoms with E-state index in [0.717, 1.165) is 39.7 Å². The lowest BCUT2D eigenvalue weighted by atomic mass is 9.86. The van der Waals surface area contributed by atoms with Crippen molar-refractivity contribution < 1.29 is 18.7 Å². The van der Waals surface area contributed by atoms with Gasteiger partial charge >= 0.3 is 0 Å². The van der Waals surface area contributed by atoms with Gasteiger partial charge in [0.1, 0.15) is 44.8 Å². The normalized spacial score (nSPS) is 11.5. The van der Waals surface area contributed by atoms with Crippen molar-refractivity contribution in [3.8, 4) is 67.5 Å². The molecule has 0 fully saturated rings. The lowest BCUT2D eigenvalue weighted by Gasteiger charge is -2.20. The van der Waals surface area contributed by atoms with Gasteiger partial charge in [-0.3, -0.25) is 19.9 Å². The maximum atomic E-state index is 5.05. The molecule has 0 aliphatic carbocycles. The molecule has 0 aliphatic rings. The van der Waals surface area contributed by atoms with Crippen molar-refractivity contribution in [2.24, 2.45) is 28.2 Å². The SMILES string of the molecule is Cc1cc(-c2c(-c3ccccc3)cccc2-c2ccccc2)ncc1-n1c2ccccc2c[n+]1C.Cc1cc(-c2c(C(C)C)cccc2C(C)C)ncc1-n1c2ccccc2c[n+]1C.Cc1cc(C(C)C)nc(C(C)C)c1-n1c2ccccc2c[n+]1C.Cc1cc(C(C)C)ncc1-n1c2ccccc2c[n+]1C. The van der Waals surface area contributed by atoms with Crippen molar-refractivity contribution in [3.63, 3.8) is 0 Å². The van der Waals surface area contributed by atoms with Crippen LogP contribution in [0.5, 0.6) is 0 Å². The highest BCUT2D eigenvalue weighted by Gasteiger charge is 2.26. The minimum atomic E-state index is 0.378. The molecule has 12 heteroatoms. The van der Waals surface area contributed by atoms with Gasteiger partial charge in [0.2, 0.25) is 24.8 Å². The molecule has 0 bridgehead atoms. The minimum absolute atomic E-state index is 0.378. The van der Waals surface area contributed by atoms with Crippen LogP contribution in [-0.2, 0) is 28.2 Å². The highest BCUT2D eigenvalue weighted by Crippen LogP contribution is 2.41. The summed E-state index contributed by atoms with van der Waals surface area (Å²) in [6, 6.07) is 77.1. The van der Waals surface area contributed by atoms with Crippen molar-refractivity contribution in [3.05, 3.63) is 312 Å². The summed E-state index contributed by atoms with van der Waals surface area (Å²) in [6.07, 6.45) is 14.7. The third-order valence-electron chi connectivity index (χ3n) is 20.5. The van der Waals surface area contributed by atoms with Crippen molar-refractivity contribution in [2.75, 3.05) is 0 Å². The first kappa shape index (κ1) is 73.5. The Hall–Kier alpha value is -11.8. The van der Waals surface area contributed by atoms with Crippen LogP contribution < -0.4 is 18.7 Å². The number of para-hydroxylation sites is 4. The van der Waals surface area contributed by atoms with Crippen LogP contribution in [0.1, 0.15) is 149 Å². The molecule has 8 heterocycles. The van der Waals surface area contributed by atoms with Crippen LogP contribution in [0.2, 0.25) is 0 Å². The topological polar surface area (TPSA) is 86.8 Å². The van der Waals surface area contributed by atoms with E-state index in [1.165, 1.54) is 122 Å². The van der Waals surface area contributed by atoms with E-state index in [1.54, 1.807) is 0 Å². The molecule has 0 N–H and O–H groups in total. The van der Waals surface area contributed by atoms with Gasteiger partial charge in [-0.15, -0.1) is 37.5 Å². The number of aryl methyl sites for hydroxylation is 8. The summed E-state index contributed by atoms with van der Waals surface area (Å²) in [5.74, 6) is 2.19. The Balaban J connectivity index is 0.000000129. The number of rotatable bonds is 13. The van der Waals surface area contributed by atoms with Crippen LogP contribution in [0.4, 0.5) is 0 Å². The molecule has 0 saturated carbocycles. The monoisotopic (exact) mass is 1410 g/mol. The van der Waals surface area contributed by atoms with E-state index < -0.39 is 0 Å². The molecule has 0 spiro atoms. The average molecular weight is 1410 g/mol. The zero-order valence-corrected chi connectivity index (χ0v) is 65.6.